The van der Waals surface area contributed by atoms with Crippen LogP contribution in [0.1, 0.15) is 11.6 Å². The number of hydroxylamine groups is 1. The molecule has 7 nitrogen and oxygen atoms in total. The van der Waals surface area contributed by atoms with Gasteiger partial charge in [-0.05, 0) is 11.6 Å². The van der Waals surface area contributed by atoms with Gasteiger partial charge >= 0.3 is 0 Å². The number of hydrogen-bond acceptors (Lipinski definition) is 6. The monoisotopic (exact) mass is 313 g/mol. The van der Waals surface area contributed by atoms with E-state index in [2.05, 4.69) is 19.8 Å². The molecule has 1 fully saturated rings. The van der Waals surface area contributed by atoms with Gasteiger partial charge in [0.05, 0.1) is 0 Å². The Morgan fingerprint density at radius 3 is 2.30 bits per heavy atom. The average Bonchev–Trinajstić information content (AvgIpc) is 2.64. The van der Waals surface area contributed by atoms with Gasteiger partial charge in [-0.2, -0.15) is 0 Å². The number of hydrogen-bond donors (Lipinski definition) is 2. The lowest BCUT2D eigenvalue weighted by Gasteiger charge is -2.38. The molecule has 0 bridgehead atoms. The van der Waals surface area contributed by atoms with E-state index in [4.69, 9.17) is 5.21 Å². The maximum atomic E-state index is 12.1. The van der Waals surface area contributed by atoms with Crippen molar-refractivity contribution in [2.45, 2.75) is 6.04 Å². The molecule has 0 saturated carbocycles. The van der Waals surface area contributed by atoms with Crippen LogP contribution in [0.2, 0.25) is 0 Å². The Bertz CT molecular complexity index is 629. The summed E-state index contributed by atoms with van der Waals surface area (Å²) in [5.41, 5.74) is 2.65. The fourth-order valence-electron chi connectivity index (χ4n) is 2.86. The lowest BCUT2D eigenvalue weighted by Crippen LogP contribution is -2.51. The number of carbonyl (C=O) groups is 1. The SMILES string of the molecule is O=C(NO)C(c1ccccc1)N1CCN(c2ncccn2)CC1. The molecular formula is C16H19N5O2. The highest BCUT2D eigenvalue weighted by molar-refractivity contribution is 5.82. The minimum atomic E-state index is -0.500. The van der Waals surface area contributed by atoms with Crippen molar-refractivity contribution in [2.75, 3.05) is 31.1 Å². The van der Waals surface area contributed by atoms with Crippen molar-refractivity contribution in [3.05, 3.63) is 54.4 Å². The van der Waals surface area contributed by atoms with Crippen molar-refractivity contribution in [1.29, 1.82) is 0 Å². The minimum Gasteiger partial charge on any atom is -0.338 e. The maximum absolute atomic E-state index is 12.1. The van der Waals surface area contributed by atoms with E-state index in [1.807, 2.05) is 30.3 Å². The van der Waals surface area contributed by atoms with Gasteiger partial charge < -0.3 is 4.90 Å². The largest absolute Gasteiger partial charge is 0.338 e. The Hall–Kier alpha value is -2.51. The smallest absolute Gasteiger partial charge is 0.265 e. The molecule has 0 spiro atoms. The summed E-state index contributed by atoms with van der Waals surface area (Å²) >= 11 is 0. The van der Waals surface area contributed by atoms with Crippen LogP contribution in [-0.2, 0) is 4.79 Å². The highest BCUT2D eigenvalue weighted by atomic mass is 16.5. The van der Waals surface area contributed by atoms with Crippen molar-refractivity contribution in [1.82, 2.24) is 20.3 Å². The van der Waals surface area contributed by atoms with Crippen LogP contribution < -0.4 is 10.4 Å². The van der Waals surface area contributed by atoms with Crippen molar-refractivity contribution in [3.63, 3.8) is 0 Å². The second kappa shape index (κ2) is 7.17. The summed E-state index contributed by atoms with van der Waals surface area (Å²) < 4.78 is 0. The standard InChI is InChI=1S/C16H19N5O2/c22-15(19-23)14(13-5-2-1-3-6-13)20-9-11-21(12-10-20)16-17-7-4-8-18-16/h1-8,14,23H,9-12H2,(H,19,22). The van der Waals surface area contributed by atoms with E-state index in [-0.39, 0.29) is 0 Å². The van der Waals surface area contributed by atoms with E-state index in [1.165, 1.54) is 0 Å². The third kappa shape index (κ3) is 3.46. The van der Waals surface area contributed by atoms with E-state index in [0.717, 1.165) is 18.7 Å². The van der Waals surface area contributed by atoms with Gasteiger partial charge in [-0.25, -0.2) is 15.4 Å². The number of amides is 1. The number of anilines is 1. The molecule has 1 aromatic heterocycles. The Morgan fingerprint density at radius 2 is 1.70 bits per heavy atom. The van der Waals surface area contributed by atoms with Gasteiger partial charge in [-0.3, -0.25) is 14.9 Å². The molecule has 0 aliphatic carbocycles. The van der Waals surface area contributed by atoms with Gasteiger partial charge in [0.25, 0.3) is 5.91 Å². The van der Waals surface area contributed by atoms with Crippen LogP contribution in [0.15, 0.2) is 48.8 Å². The lowest BCUT2D eigenvalue weighted by molar-refractivity contribution is -0.135. The highest BCUT2D eigenvalue weighted by Gasteiger charge is 2.30. The summed E-state index contributed by atoms with van der Waals surface area (Å²) in [5, 5.41) is 9.07. The quantitative estimate of drug-likeness (QED) is 0.643. The van der Waals surface area contributed by atoms with E-state index in [0.29, 0.717) is 19.0 Å². The van der Waals surface area contributed by atoms with Gasteiger partial charge in [-0.15, -0.1) is 0 Å². The molecule has 1 aliphatic heterocycles. The number of nitrogens with one attached hydrogen (secondary N) is 1. The molecule has 23 heavy (non-hydrogen) atoms. The van der Waals surface area contributed by atoms with Crippen molar-refractivity contribution in [2.24, 2.45) is 0 Å². The molecule has 0 radical (unpaired) electrons. The van der Waals surface area contributed by atoms with Crippen LogP contribution >= 0.6 is 0 Å². The molecule has 1 amide bonds. The zero-order valence-electron chi connectivity index (χ0n) is 12.7. The van der Waals surface area contributed by atoms with Gasteiger partial charge in [0, 0.05) is 38.6 Å². The van der Waals surface area contributed by atoms with Gasteiger partial charge in [0.2, 0.25) is 5.95 Å². The summed E-state index contributed by atoms with van der Waals surface area (Å²) in [6, 6.07) is 10.8. The molecule has 1 aliphatic rings. The Kier molecular flexibility index (Phi) is 4.80. The predicted octanol–water partition coefficient (Wildman–Crippen LogP) is 0.845. The maximum Gasteiger partial charge on any atom is 0.265 e. The topological polar surface area (TPSA) is 81.6 Å². The molecule has 2 aromatic rings. The highest BCUT2D eigenvalue weighted by Crippen LogP contribution is 2.23. The normalized spacial score (nSPS) is 16.8. The molecule has 1 unspecified atom stereocenters. The van der Waals surface area contributed by atoms with E-state index in [9.17, 15) is 4.79 Å². The molecule has 120 valence electrons. The van der Waals surface area contributed by atoms with Gasteiger partial charge in [-0.1, -0.05) is 30.3 Å². The second-order valence-corrected chi connectivity index (χ2v) is 5.36. The summed E-state index contributed by atoms with van der Waals surface area (Å²) in [5.74, 6) is 0.288. The van der Waals surface area contributed by atoms with Crippen LogP contribution in [0, 0.1) is 0 Å². The van der Waals surface area contributed by atoms with Crippen LogP contribution in [0.4, 0.5) is 5.95 Å². The van der Waals surface area contributed by atoms with E-state index >= 15 is 0 Å². The fourth-order valence-corrected chi connectivity index (χ4v) is 2.86. The number of nitrogens with zero attached hydrogens (tertiary/aromatic N) is 4. The van der Waals surface area contributed by atoms with Crippen LogP contribution in [0.25, 0.3) is 0 Å². The Balaban J connectivity index is 1.72. The van der Waals surface area contributed by atoms with Gasteiger partial charge in [0.15, 0.2) is 0 Å². The number of piperazine rings is 1. The van der Waals surface area contributed by atoms with Crippen molar-refractivity contribution < 1.29 is 10.0 Å². The molecule has 3 rings (SSSR count). The number of carbonyl (C=O) groups excluding carboxylic acids is 1. The first-order valence-electron chi connectivity index (χ1n) is 7.54. The zero-order valence-corrected chi connectivity index (χ0v) is 12.7. The van der Waals surface area contributed by atoms with Crippen molar-refractivity contribution >= 4 is 11.9 Å². The third-order valence-corrected chi connectivity index (χ3v) is 3.99. The predicted molar refractivity (Wildman–Crippen MR) is 84.9 cm³/mol. The molecule has 2 N–H and O–H groups in total. The van der Waals surface area contributed by atoms with Crippen LogP contribution in [0.3, 0.4) is 0 Å². The molecule has 7 heteroatoms. The molecule has 2 heterocycles. The van der Waals surface area contributed by atoms with Crippen LogP contribution in [-0.4, -0.2) is 52.2 Å². The number of rotatable bonds is 4. The average molecular weight is 313 g/mol. The van der Waals surface area contributed by atoms with Crippen molar-refractivity contribution in [3.8, 4) is 0 Å². The first-order chi connectivity index (χ1) is 11.3. The zero-order chi connectivity index (χ0) is 16.1. The number of benzene rings is 1. The minimum absolute atomic E-state index is 0.416. The summed E-state index contributed by atoms with van der Waals surface area (Å²) in [6.45, 7) is 2.83. The van der Waals surface area contributed by atoms with Crippen LogP contribution in [0.5, 0.6) is 0 Å². The first-order valence-corrected chi connectivity index (χ1v) is 7.54. The Morgan fingerprint density at radius 1 is 1.04 bits per heavy atom. The molecule has 1 saturated heterocycles. The molecule has 1 atom stereocenters. The first kappa shape index (κ1) is 15.4. The van der Waals surface area contributed by atoms with E-state index < -0.39 is 11.9 Å². The molecular weight excluding hydrogens is 294 g/mol. The third-order valence-electron chi connectivity index (χ3n) is 3.99. The summed E-state index contributed by atoms with van der Waals surface area (Å²) in [4.78, 5) is 24.8. The van der Waals surface area contributed by atoms with E-state index in [1.54, 1.807) is 23.9 Å². The molecule has 1 aromatic carbocycles. The summed E-state index contributed by atoms with van der Waals surface area (Å²) in [7, 11) is 0. The lowest BCUT2D eigenvalue weighted by atomic mass is 10.0. The van der Waals surface area contributed by atoms with Gasteiger partial charge in [0.1, 0.15) is 6.04 Å². The number of aromatic nitrogens is 2. The fraction of sp³-hybridized carbons (Fsp3) is 0.312. The Labute approximate surface area is 134 Å². The second-order valence-electron chi connectivity index (χ2n) is 5.36. The summed E-state index contributed by atoms with van der Waals surface area (Å²) in [6.07, 6.45) is 3.45.